The second kappa shape index (κ2) is 6.29. The molecule has 2 aromatic carbocycles. The summed E-state index contributed by atoms with van der Waals surface area (Å²) < 4.78 is 0. The largest absolute Gasteiger partial charge is 0.348 e. The first-order valence-electron chi connectivity index (χ1n) is 5.54. The molecule has 0 aromatic heterocycles. The minimum atomic E-state index is -0.201. The second-order valence-corrected chi connectivity index (χ2v) is 5.14. The topological polar surface area (TPSA) is 29.1 Å². The maximum absolute atomic E-state index is 11.9. The van der Waals surface area contributed by atoms with Crippen LogP contribution in [0.25, 0.3) is 0 Å². The standard InChI is InChI=1S/C14H10Cl3NO/c15-10-6-4-9(5-7-10)14(19)18-8-11-12(16)2-1-3-13(11)17/h1-7H,8H2,(H,18,19). The van der Waals surface area contributed by atoms with Gasteiger partial charge in [0.25, 0.3) is 5.91 Å². The predicted molar refractivity (Wildman–Crippen MR) is 79.1 cm³/mol. The van der Waals surface area contributed by atoms with E-state index in [1.807, 2.05) is 0 Å². The lowest BCUT2D eigenvalue weighted by atomic mass is 10.2. The van der Waals surface area contributed by atoms with Gasteiger partial charge in [0, 0.05) is 32.7 Å². The number of benzene rings is 2. The van der Waals surface area contributed by atoms with Crippen molar-refractivity contribution in [3.63, 3.8) is 0 Å². The molecule has 0 aliphatic heterocycles. The Kier molecular flexibility index (Phi) is 4.70. The molecule has 0 saturated heterocycles. The van der Waals surface area contributed by atoms with E-state index in [4.69, 9.17) is 34.8 Å². The van der Waals surface area contributed by atoms with Crippen molar-refractivity contribution in [2.45, 2.75) is 6.54 Å². The number of halogens is 3. The van der Waals surface area contributed by atoms with E-state index in [9.17, 15) is 4.79 Å². The Labute approximate surface area is 126 Å². The molecule has 0 spiro atoms. The molecule has 1 N–H and O–H groups in total. The smallest absolute Gasteiger partial charge is 0.251 e. The lowest BCUT2D eigenvalue weighted by Gasteiger charge is -2.08. The summed E-state index contributed by atoms with van der Waals surface area (Å²) in [6, 6.07) is 11.9. The summed E-state index contributed by atoms with van der Waals surface area (Å²) in [5, 5.41) is 4.42. The number of carbonyl (C=O) groups excluding carboxylic acids is 1. The number of rotatable bonds is 3. The average molecular weight is 315 g/mol. The maximum Gasteiger partial charge on any atom is 0.251 e. The van der Waals surface area contributed by atoms with Crippen LogP contribution < -0.4 is 5.32 Å². The maximum atomic E-state index is 11.9. The highest BCUT2D eigenvalue weighted by molar-refractivity contribution is 6.36. The fourth-order valence-corrected chi connectivity index (χ4v) is 2.23. The van der Waals surface area contributed by atoms with Crippen molar-refractivity contribution in [3.8, 4) is 0 Å². The highest BCUT2D eigenvalue weighted by Gasteiger charge is 2.09. The molecule has 2 rings (SSSR count). The Morgan fingerprint density at radius 2 is 1.53 bits per heavy atom. The Balaban J connectivity index is 2.06. The van der Waals surface area contributed by atoms with Gasteiger partial charge in [0.15, 0.2) is 0 Å². The van der Waals surface area contributed by atoms with E-state index in [0.717, 1.165) is 0 Å². The molecule has 98 valence electrons. The summed E-state index contributed by atoms with van der Waals surface area (Å²) in [5.74, 6) is -0.201. The first-order valence-corrected chi connectivity index (χ1v) is 6.68. The van der Waals surface area contributed by atoms with Crippen molar-refractivity contribution >= 4 is 40.7 Å². The molecule has 0 radical (unpaired) electrons. The van der Waals surface area contributed by atoms with E-state index in [1.54, 1.807) is 42.5 Å². The van der Waals surface area contributed by atoms with Gasteiger partial charge in [-0.25, -0.2) is 0 Å². The summed E-state index contributed by atoms with van der Waals surface area (Å²) in [7, 11) is 0. The molecule has 19 heavy (non-hydrogen) atoms. The lowest BCUT2D eigenvalue weighted by molar-refractivity contribution is 0.0951. The van der Waals surface area contributed by atoms with Crippen molar-refractivity contribution in [1.29, 1.82) is 0 Å². The molecule has 0 aliphatic carbocycles. The first-order chi connectivity index (χ1) is 9.08. The zero-order valence-electron chi connectivity index (χ0n) is 9.79. The van der Waals surface area contributed by atoms with Gasteiger partial charge >= 0.3 is 0 Å². The second-order valence-electron chi connectivity index (χ2n) is 3.89. The molecule has 2 nitrogen and oxygen atoms in total. The van der Waals surface area contributed by atoms with Crippen LogP contribution in [0.1, 0.15) is 15.9 Å². The van der Waals surface area contributed by atoms with Crippen molar-refractivity contribution in [1.82, 2.24) is 5.32 Å². The quantitative estimate of drug-likeness (QED) is 0.883. The Bertz CT molecular complexity index is 576. The van der Waals surface area contributed by atoms with Crippen LogP contribution in [0.15, 0.2) is 42.5 Å². The van der Waals surface area contributed by atoms with Crippen molar-refractivity contribution in [2.75, 3.05) is 0 Å². The molecule has 1 amide bonds. The Morgan fingerprint density at radius 3 is 2.11 bits per heavy atom. The van der Waals surface area contributed by atoms with Crippen LogP contribution >= 0.6 is 34.8 Å². The van der Waals surface area contributed by atoms with Gasteiger partial charge in [0.2, 0.25) is 0 Å². The minimum Gasteiger partial charge on any atom is -0.348 e. The van der Waals surface area contributed by atoms with Gasteiger partial charge < -0.3 is 5.32 Å². The van der Waals surface area contributed by atoms with Crippen LogP contribution in [0, 0.1) is 0 Å². The highest BCUT2D eigenvalue weighted by atomic mass is 35.5. The molecule has 0 unspecified atom stereocenters. The first kappa shape index (κ1) is 14.2. The fourth-order valence-electron chi connectivity index (χ4n) is 1.57. The van der Waals surface area contributed by atoms with Crippen LogP contribution in [0.2, 0.25) is 15.1 Å². The van der Waals surface area contributed by atoms with Gasteiger partial charge in [-0.15, -0.1) is 0 Å². The number of hydrogen-bond acceptors (Lipinski definition) is 1. The summed E-state index contributed by atoms with van der Waals surface area (Å²) in [6.07, 6.45) is 0. The van der Waals surface area contributed by atoms with E-state index in [-0.39, 0.29) is 12.5 Å². The number of carbonyl (C=O) groups is 1. The molecular formula is C14H10Cl3NO. The molecule has 0 atom stereocenters. The zero-order valence-corrected chi connectivity index (χ0v) is 12.1. The van der Waals surface area contributed by atoms with Gasteiger partial charge in [0.05, 0.1) is 0 Å². The number of amides is 1. The Hall–Kier alpha value is -1.22. The minimum absolute atomic E-state index is 0.201. The fraction of sp³-hybridized carbons (Fsp3) is 0.0714. The number of hydrogen-bond donors (Lipinski definition) is 1. The molecule has 2 aromatic rings. The highest BCUT2D eigenvalue weighted by Crippen LogP contribution is 2.24. The molecule has 0 heterocycles. The summed E-state index contributed by atoms with van der Waals surface area (Å²) in [6.45, 7) is 0.278. The number of nitrogens with one attached hydrogen (secondary N) is 1. The van der Waals surface area contributed by atoms with Gasteiger partial charge in [-0.05, 0) is 36.4 Å². The van der Waals surface area contributed by atoms with Crippen LogP contribution in [0.3, 0.4) is 0 Å². The molecule has 5 heteroatoms. The third kappa shape index (κ3) is 3.63. The van der Waals surface area contributed by atoms with Crippen molar-refractivity contribution < 1.29 is 4.79 Å². The van der Waals surface area contributed by atoms with E-state index in [1.165, 1.54) is 0 Å². The van der Waals surface area contributed by atoms with E-state index in [0.29, 0.717) is 26.2 Å². The predicted octanol–water partition coefficient (Wildman–Crippen LogP) is 4.58. The van der Waals surface area contributed by atoms with Crippen molar-refractivity contribution in [3.05, 3.63) is 68.7 Å². The molecule has 0 aliphatic rings. The van der Waals surface area contributed by atoms with Crippen LogP contribution in [-0.4, -0.2) is 5.91 Å². The van der Waals surface area contributed by atoms with Crippen LogP contribution in [-0.2, 0) is 6.54 Å². The van der Waals surface area contributed by atoms with Gasteiger partial charge in [-0.3, -0.25) is 4.79 Å². The van der Waals surface area contributed by atoms with Crippen LogP contribution in [0.5, 0.6) is 0 Å². The van der Waals surface area contributed by atoms with E-state index < -0.39 is 0 Å². The molecule has 0 saturated carbocycles. The van der Waals surface area contributed by atoms with Gasteiger partial charge in [-0.1, -0.05) is 40.9 Å². The SMILES string of the molecule is O=C(NCc1c(Cl)cccc1Cl)c1ccc(Cl)cc1. The van der Waals surface area contributed by atoms with Gasteiger partial charge in [-0.2, -0.15) is 0 Å². The molecular weight excluding hydrogens is 305 g/mol. The molecule has 0 bridgehead atoms. The average Bonchev–Trinajstić information content (AvgIpc) is 2.38. The van der Waals surface area contributed by atoms with Crippen molar-refractivity contribution in [2.24, 2.45) is 0 Å². The summed E-state index contributed by atoms with van der Waals surface area (Å²) >= 11 is 17.8. The monoisotopic (exact) mass is 313 g/mol. The lowest BCUT2D eigenvalue weighted by Crippen LogP contribution is -2.23. The summed E-state index contributed by atoms with van der Waals surface area (Å²) in [4.78, 5) is 11.9. The third-order valence-electron chi connectivity index (χ3n) is 2.59. The van der Waals surface area contributed by atoms with E-state index >= 15 is 0 Å². The van der Waals surface area contributed by atoms with Crippen LogP contribution in [0.4, 0.5) is 0 Å². The normalized spacial score (nSPS) is 10.3. The zero-order chi connectivity index (χ0) is 13.8. The molecule has 0 fully saturated rings. The Morgan fingerprint density at radius 1 is 0.947 bits per heavy atom. The van der Waals surface area contributed by atoms with Gasteiger partial charge in [0.1, 0.15) is 0 Å². The third-order valence-corrected chi connectivity index (χ3v) is 3.55. The van der Waals surface area contributed by atoms with E-state index in [2.05, 4.69) is 5.32 Å². The summed E-state index contributed by atoms with van der Waals surface area (Å²) in [5.41, 5.74) is 1.24.